The molecule has 0 saturated carbocycles. The van der Waals surface area contributed by atoms with E-state index in [1.807, 2.05) is 41.0 Å². The van der Waals surface area contributed by atoms with Crippen molar-refractivity contribution < 1.29 is 9.84 Å². The van der Waals surface area contributed by atoms with Gasteiger partial charge in [0.25, 0.3) is 0 Å². The Labute approximate surface area is 155 Å². The van der Waals surface area contributed by atoms with Gasteiger partial charge in [0.05, 0.1) is 18.3 Å². The molecule has 0 fully saturated rings. The highest BCUT2D eigenvalue weighted by molar-refractivity contribution is 14.1. The molecule has 1 atom stereocenters. The number of rotatable bonds is 6. The van der Waals surface area contributed by atoms with Gasteiger partial charge in [-0.2, -0.15) is 0 Å². The Morgan fingerprint density at radius 2 is 2.04 bits per heavy atom. The summed E-state index contributed by atoms with van der Waals surface area (Å²) in [5.74, 6) is 3.72. The number of benzene rings is 1. The van der Waals surface area contributed by atoms with E-state index in [4.69, 9.17) is 16.3 Å². The zero-order valence-corrected chi connectivity index (χ0v) is 15.9. The van der Waals surface area contributed by atoms with Crippen molar-refractivity contribution in [2.75, 3.05) is 6.61 Å². The van der Waals surface area contributed by atoms with Crippen molar-refractivity contribution in [3.63, 3.8) is 0 Å². The zero-order valence-electron chi connectivity index (χ0n) is 13.0. The van der Waals surface area contributed by atoms with Gasteiger partial charge in [0.15, 0.2) is 0 Å². The molecule has 2 aromatic rings. The second-order valence-corrected chi connectivity index (χ2v) is 6.83. The molecule has 4 nitrogen and oxygen atoms in total. The Hall–Kier alpha value is -1.23. The number of ether oxygens (including phenoxy) is 1. The number of aromatic nitrogens is 2. The van der Waals surface area contributed by atoms with E-state index in [-0.39, 0.29) is 6.61 Å². The highest BCUT2D eigenvalue weighted by atomic mass is 127. The van der Waals surface area contributed by atoms with Crippen LogP contribution in [0.1, 0.15) is 13.8 Å². The fraction of sp³-hybridized carbons (Fsp3) is 0.353. The summed E-state index contributed by atoms with van der Waals surface area (Å²) in [4.78, 5) is 4.02. The average molecular weight is 445 g/mol. The van der Waals surface area contributed by atoms with Gasteiger partial charge in [-0.1, -0.05) is 17.5 Å². The number of aliphatic hydroxyl groups is 1. The number of hydrogen-bond acceptors (Lipinski definition) is 3. The Morgan fingerprint density at radius 1 is 1.35 bits per heavy atom. The summed E-state index contributed by atoms with van der Waals surface area (Å²) in [6.07, 6.45) is 5.15. The van der Waals surface area contributed by atoms with Gasteiger partial charge in [0, 0.05) is 40.0 Å². The molecular formula is C17H18ClIN2O2. The molecule has 1 aromatic heterocycles. The first-order chi connectivity index (χ1) is 10.9. The molecule has 2 rings (SSSR count). The van der Waals surface area contributed by atoms with Gasteiger partial charge in [-0.25, -0.2) is 4.98 Å². The number of hydrogen-bond donors (Lipinski definition) is 1. The fourth-order valence-corrected chi connectivity index (χ4v) is 2.87. The summed E-state index contributed by atoms with van der Waals surface area (Å²) in [5, 5.41) is 11.9. The predicted octanol–water partition coefficient (Wildman–Crippen LogP) is 3.77. The lowest BCUT2D eigenvalue weighted by Gasteiger charge is -2.39. The van der Waals surface area contributed by atoms with Crippen LogP contribution in [-0.4, -0.2) is 26.9 Å². The molecule has 23 heavy (non-hydrogen) atoms. The summed E-state index contributed by atoms with van der Waals surface area (Å²) < 4.78 is 10.5. The first-order valence-electron chi connectivity index (χ1n) is 7.06. The largest absolute Gasteiger partial charge is 0.490 e. The molecule has 0 aliphatic heterocycles. The van der Waals surface area contributed by atoms with Crippen molar-refractivity contribution in [1.29, 1.82) is 0 Å². The molecule has 6 heteroatoms. The average Bonchev–Trinajstić information content (AvgIpc) is 2.99. The quantitative estimate of drug-likeness (QED) is 0.545. The van der Waals surface area contributed by atoms with Crippen molar-refractivity contribution in [3.05, 3.63) is 48.0 Å². The second kappa shape index (κ2) is 7.56. The summed E-state index contributed by atoms with van der Waals surface area (Å²) in [7, 11) is 0. The minimum absolute atomic E-state index is 0.102. The van der Waals surface area contributed by atoms with Crippen molar-refractivity contribution in [3.8, 4) is 15.6 Å². The lowest BCUT2D eigenvalue weighted by molar-refractivity contribution is -0.0828. The molecule has 0 radical (unpaired) electrons. The topological polar surface area (TPSA) is 47.3 Å². The maximum atomic E-state index is 11.3. The van der Waals surface area contributed by atoms with E-state index < -0.39 is 11.0 Å². The molecule has 1 aromatic carbocycles. The van der Waals surface area contributed by atoms with Crippen LogP contribution in [0.4, 0.5) is 0 Å². The van der Waals surface area contributed by atoms with Crippen molar-refractivity contribution >= 4 is 34.2 Å². The third-order valence-corrected chi connectivity index (χ3v) is 4.34. The van der Waals surface area contributed by atoms with Crippen LogP contribution in [0, 0.1) is 15.3 Å². The standard InChI is InChI=1S/C17H18ClIN2O2/c1-16(2,7-8-19)17(22,11-21-10-9-20-13-21)12-23-15-5-3-14(18)4-6-15/h3-6,9-10,13,22H,11-12H2,1-2H3. The van der Waals surface area contributed by atoms with Crippen molar-refractivity contribution in [1.82, 2.24) is 9.55 Å². The summed E-state index contributed by atoms with van der Waals surface area (Å²) in [5.41, 5.74) is -1.85. The lowest BCUT2D eigenvalue weighted by Crippen LogP contribution is -2.52. The molecule has 0 amide bonds. The van der Waals surface area contributed by atoms with E-state index in [0.29, 0.717) is 17.3 Å². The first kappa shape index (κ1) is 18.1. The Bertz CT molecular complexity index is 690. The second-order valence-electron chi connectivity index (χ2n) is 5.85. The third kappa shape index (κ3) is 4.63. The van der Waals surface area contributed by atoms with Crippen LogP contribution in [0.15, 0.2) is 43.0 Å². The number of imidazole rings is 1. The molecule has 0 spiro atoms. The molecule has 1 unspecified atom stereocenters. The van der Waals surface area contributed by atoms with Crippen molar-refractivity contribution in [2.45, 2.75) is 26.0 Å². The normalized spacial score (nSPS) is 13.8. The van der Waals surface area contributed by atoms with Gasteiger partial charge < -0.3 is 14.4 Å². The SMILES string of the molecule is CC(C)(C#CI)C(O)(COc1ccc(Cl)cc1)Cn1ccnc1. The Kier molecular flexibility index (Phi) is 5.95. The van der Waals surface area contributed by atoms with E-state index >= 15 is 0 Å². The predicted molar refractivity (Wildman–Crippen MR) is 99.7 cm³/mol. The van der Waals surface area contributed by atoms with Gasteiger partial charge in [-0.3, -0.25) is 0 Å². The Morgan fingerprint density at radius 3 is 2.61 bits per heavy atom. The van der Waals surface area contributed by atoms with Crippen LogP contribution in [0.25, 0.3) is 0 Å². The van der Waals surface area contributed by atoms with E-state index in [0.717, 1.165) is 0 Å². The van der Waals surface area contributed by atoms with Crippen LogP contribution in [-0.2, 0) is 6.54 Å². The van der Waals surface area contributed by atoms with Gasteiger partial charge in [0.2, 0.25) is 0 Å². The van der Waals surface area contributed by atoms with Gasteiger partial charge in [-0.15, -0.1) is 0 Å². The van der Waals surface area contributed by atoms with Gasteiger partial charge in [0.1, 0.15) is 18.0 Å². The third-order valence-electron chi connectivity index (χ3n) is 3.82. The minimum atomic E-state index is -1.19. The molecule has 1 heterocycles. The van der Waals surface area contributed by atoms with E-state index in [1.54, 1.807) is 43.0 Å². The molecule has 0 aliphatic rings. The maximum Gasteiger partial charge on any atom is 0.132 e. The minimum Gasteiger partial charge on any atom is -0.490 e. The van der Waals surface area contributed by atoms with E-state index in [2.05, 4.69) is 14.8 Å². The molecule has 1 N–H and O–H groups in total. The van der Waals surface area contributed by atoms with Gasteiger partial charge >= 0.3 is 0 Å². The number of halogens is 2. The van der Waals surface area contributed by atoms with Crippen molar-refractivity contribution in [2.24, 2.45) is 5.41 Å². The van der Waals surface area contributed by atoms with E-state index in [1.165, 1.54) is 0 Å². The maximum absolute atomic E-state index is 11.3. The van der Waals surface area contributed by atoms with Crippen LogP contribution in [0.5, 0.6) is 5.75 Å². The fourth-order valence-electron chi connectivity index (χ4n) is 2.07. The lowest BCUT2D eigenvalue weighted by atomic mass is 9.75. The van der Waals surface area contributed by atoms with Crippen LogP contribution < -0.4 is 4.74 Å². The molecule has 0 bridgehead atoms. The highest BCUT2D eigenvalue weighted by Gasteiger charge is 2.44. The number of nitrogens with zero attached hydrogens (tertiary/aromatic N) is 2. The zero-order chi connectivity index (χ0) is 16.9. The molecule has 0 saturated heterocycles. The smallest absolute Gasteiger partial charge is 0.132 e. The van der Waals surface area contributed by atoms with Crippen LogP contribution in [0.2, 0.25) is 5.02 Å². The molecular weight excluding hydrogens is 427 g/mol. The van der Waals surface area contributed by atoms with E-state index in [9.17, 15) is 5.11 Å². The monoisotopic (exact) mass is 444 g/mol. The van der Waals surface area contributed by atoms with Gasteiger partial charge in [-0.05, 0) is 42.0 Å². The summed E-state index contributed by atoms with van der Waals surface area (Å²) in [6.45, 7) is 4.24. The van der Waals surface area contributed by atoms with Crippen LogP contribution >= 0.6 is 34.2 Å². The highest BCUT2D eigenvalue weighted by Crippen LogP contribution is 2.33. The molecule has 122 valence electrons. The van der Waals surface area contributed by atoms with Crippen LogP contribution in [0.3, 0.4) is 0 Å². The molecule has 0 aliphatic carbocycles. The summed E-state index contributed by atoms with van der Waals surface area (Å²) in [6, 6.07) is 7.05. The Balaban J connectivity index is 2.21. The summed E-state index contributed by atoms with van der Waals surface area (Å²) >= 11 is 7.86. The first-order valence-corrected chi connectivity index (χ1v) is 8.51.